The van der Waals surface area contributed by atoms with Crippen molar-refractivity contribution in [3.05, 3.63) is 110 Å². The van der Waals surface area contributed by atoms with Gasteiger partial charge < -0.3 is 15.1 Å². The summed E-state index contributed by atoms with van der Waals surface area (Å²) in [4.78, 5) is 37.9. The lowest BCUT2D eigenvalue weighted by Crippen LogP contribution is -2.31. The molecule has 0 aliphatic carbocycles. The number of aliphatic hydroxyl groups is 1. The minimum absolute atomic E-state index is 0.0371. The third kappa shape index (κ3) is 4.49. The molecule has 2 N–H and O–H groups in total. The van der Waals surface area contributed by atoms with E-state index in [0.29, 0.717) is 17.0 Å². The molecule has 0 radical (unpaired) electrons. The second-order valence-electron chi connectivity index (χ2n) is 7.77. The molecule has 1 aliphatic rings. The summed E-state index contributed by atoms with van der Waals surface area (Å²) >= 11 is 5.93. The van der Waals surface area contributed by atoms with E-state index in [1.165, 1.54) is 35.2 Å². The Hall–Kier alpha value is -4.17. The minimum atomic E-state index is -0.987. The van der Waals surface area contributed by atoms with Crippen molar-refractivity contribution in [3.63, 3.8) is 0 Å². The van der Waals surface area contributed by atoms with Crippen LogP contribution in [0.3, 0.4) is 0 Å². The number of carbonyl (C=O) groups is 2. The van der Waals surface area contributed by atoms with Gasteiger partial charge in [0, 0.05) is 29.3 Å². The van der Waals surface area contributed by atoms with E-state index in [-0.39, 0.29) is 29.1 Å². The van der Waals surface area contributed by atoms with Crippen molar-refractivity contribution in [3.8, 4) is 5.75 Å². The van der Waals surface area contributed by atoms with Crippen molar-refractivity contribution in [1.82, 2.24) is 4.90 Å². The number of ketones is 1. The quantitative estimate of drug-likeness (QED) is 0.175. The van der Waals surface area contributed by atoms with Gasteiger partial charge in [0.2, 0.25) is 0 Å². The maximum Gasteiger partial charge on any atom is 0.295 e. The first-order valence-corrected chi connectivity index (χ1v) is 10.7. The van der Waals surface area contributed by atoms with Gasteiger partial charge in [-0.05, 0) is 41.8 Å². The van der Waals surface area contributed by atoms with E-state index in [0.717, 1.165) is 11.6 Å². The molecular formula is C25H19ClN2O6. The van der Waals surface area contributed by atoms with Crippen LogP contribution in [0.1, 0.15) is 22.7 Å². The Morgan fingerprint density at radius 2 is 1.74 bits per heavy atom. The Balaban J connectivity index is 1.79. The van der Waals surface area contributed by atoms with E-state index in [1.54, 1.807) is 24.3 Å². The zero-order valence-corrected chi connectivity index (χ0v) is 18.5. The van der Waals surface area contributed by atoms with Crippen molar-refractivity contribution in [2.24, 2.45) is 0 Å². The standard InChI is InChI=1S/C25H19ClN2O6/c26-18-9-7-15(8-10-18)11-12-27-22(16-3-2-6-20(29)14-16)21(24(31)25(27)32)23(30)17-4-1-5-19(13-17)28(33)34/h1-10,13-14,22,29-30H,11-12H2/b23-21-. The zero-order valence-electron chi connectivity index (χ0n) is 17.7. The van der Waals surface area contributed by atoms with Gasteiger partial charge in [-0.2, -0.15) is 0 Å². The summed E-state index contributed by atoms with van der Waals surface area (Å²) in [6.45, 7) is 0.151. The lowest BCUT2D eigenvalue weighted by Gasteiger charge is -2.25. The monoisotopic (exact) mass is 478 g/mol. The second kappa shape index (κ2) is 9.36. The van der Waals surface area contributed by atoms with Crippen LogP contribution in [0.2, 0.25) is 5.02 Å². The van der Waals surface area contributed by atoms with E-state index in [1.807, 2.05) is 12.1 Å². The highest BCUT2D eigenvalue weighted by Crippen LogP contribution is 2.40. The molecule has 0 bridgehead atoms. The van der Waals surface area contributed by atoms with E-state index < -0.39 is 28.4 Å². The van der Waals surface area contributed by atoms with Crippen LogP contribution in [0.5, 0.6) is 5.75 Å². The summed E-state index contributed by atoms with van der Waals surface area (Å²) in [7, 11) is 0. The Kier molecular flexibility index (Phi) is 6.34. The number of nitro groups is 1. The normalized spacial score (nSPS) is 17.2. The molecule has 0 aromatic heterocycles. The highest BCUT2D eigenvalue weighted by atomic mass is 35.5. The van der Waals surface area contributed by atoms with Crippen molar-refractivity contribution in [2.45, 2.75) is 12.5 Å². The minimum Gasteiger partial charge on any atom is -0.508 e. The van der Waals surface area contributed by atoms with E-state index >= 15 is 0 Å². The summed E-state index contributed by atoms with van der Waals surface area (Å²) < 4.78 is 0. The lowest BCUT2D eigenvalue weighted by atomic mass is 9.95. The zero-order chi connectivity index (χ0) is 24.4. The fourth-order valence-electron chi connectivity index (χ4n) is 3.97. The molecule has 1 aliphatic heterocycles. The van der Waals surface area contributed by atoms with Gasteiger partial charge in [-0.1, -0.05) is 48.0 Å². The summed E-state index contributed by atoms with van der Waals surface area (Å²) in [6.07, 6.45) is 0.413. The third-order valence-corrected chi connectivity index (χ3v) is 5.86. The van der Waals surface area contributed by atoms with Crippen LogP contribution in [0, 0.1) is 10.1 Å². The molecule has 34 heavy (non-hydrogen) atoms. The number of phenols is 1. The number of aliphatic hydroxyl groups excluding tert-OH is 1. The molecule has 1 atom stereocenters. The molecule has 3 aromatic carbocycles. The van der Waals surface area contributed by atoms with Gasteiger partial charge in [0.25, 0.3) is 17.4 Å². The fraction of sp³-hybridized carbons (Fsp3) is 0.120. The fourth-order valence-corrected chi connectivity index (χ4v) is 4.10. The summed E-state index contributed by atoms with van der Waals surface area (Å²) in [5, 5.41) is 32.8. The third-order valence-electron chi connectivity index (χ3n) is 5.61. The Morgan fingerprint density at radius 3 is 2.41 bits per heavy atom. The number of carbonyl (C=O) groups excluding carboxylic acids is 2. The maximum atomic E-state index is 13.1. The SMILES string of the molecule is O=C1C(=O)N(CCc2ccc(Cl)cc2)C(c2cccc(O)c2)/C1=C(/O)c1cccc([N+](=O)[O-])c1. The Bertz CT molecular complexity index is 1320. The Morgan fingerprint density at radius 1 is 1.03 bits per heavy atom. The molecule has 4 rings (SSSR count). The van der Waals surface area contributed by atoms with Crippen molar-refractivity contribution in [1.29, 1.82) is 0 Å². The van der Waals surface area contributed by atoms with Crippen LogP contribution in [-0.4, -0.2) is 38.3 Å². The Labute approximate surface area is 199 Å². The van der Waals surface area contributed by atoms with Crippen LogP contribution < -0.4 is 0 Å². The first kappa shape index (κ1) is 23.0. The molecule has 0 saturated carbocycles. The van der Waals surface area contributed by atoms with Gasteiger partial charge in [-0.25, -0.2) is 0 Å². The van der Waals surface area contributed by atoms with E-state index in [4.69, 9.17) is 11.6 Å². The van der Waals surface area contributed by atoms with Gasteiger partial charge >= 0.3 is 0 Å². The number of nitro benzene ring substituents is 1. The number of phenolic OH excluding ortho intramolecular Hbond substituents is 1. The van der Waals surface area contributed by atoms with E-state index in [9.17, 15) is 29.9 Å². The number of benzene rings is 3. The number of hydrogen-bond acceptors (Lipinski definition) is 6. The molecule has 1 saturated heterocycles. The van der Waals surface area contributed by atoms with Crippen LogP contribution in [-0.2, 0) is 16.0 Å². The number of hydrogen-bond donors (Lipinski definition) is 2. The summed E-state index contributed by atoms with van der Waals surface area (Å²) in [6, 6.07) is 17.3. The van der Waals surface area contributed by atoms with Gasteiger partial charge in [0.1, 0.15) is 11.5 Å². The van der Waals surface area contributed by atoms with Gasteiger partial charge in [0.15, 0.2) is 0 Å². The highest BCUT2D eigenvalue weighted by molar-refractivity contribution is 6.46. The van der Waals surface area contributed by atoms with Crippen LogP contribution in [0.25, 0.3) is 5.76 Å². The molecule has 8 nitrogen and oxygen atoms in total. The number of likely N-dealkylation sites (tertiary alicyclic amines) is 1. The van der Waals surface area contributed by atoms with Gasteiger partial charge in [-0.3, -0.25) is 19.7 Å². The molecule has 9 heteroatoms. The number of amides is 1. The molecule has 0 spiro atoms. The first-order valence-electron chi connectivity index (χ1n) is 10.3. The van der Waals surface area contributed by atoms with Crippen LogP contribution in [0.15, 0.2) is 78.4 Å². The van der Waals surface area contributed by atoms with Crippen molar-refractivity contribution in [2.75, 3.05) is 6.54 Å². The number of aromatic hydroxyl groups is 1. The van der Waals surface area contributed by atoms with Crippen LogP contribution in [0.4, 0.5) is 5.69 Å². The molecule has 1 unspecified atom stereocenters. The topological polar surface area (TPSA) is 121 Å². The molecule has 1 amide bonds. The number of halogens is 1. The van der Waals surface area contributed by atoms with Crippen LogP contribution >= 0.6 is 11.6 Å². The average Bonchev–Trinajstić information content (AvgIpc) is 3.08. The van der Waals surface area contributed by atoms with Gasteiger partial charge in [0.05, 0.1) is 16.5 Å². The van der Waals surface area contributed by atoms with Crippen molar-refractivity contribution < 1.29 is 24.7 Å². The predicted octanol–water partition coefficient (Wildman–Crippen LogP) is 4.62. The number of Topliss-reactive ketones (excluding diaryl/α,β-unsaturated/α-hetero) is 1. The molecule has 3 aromatic rings. The predicted molar refractivity (Wildman–Crippen MR) is 125 cm³/mol. The highest BCUT2D eigenvalue weighted by Gasteiger charge is 2.46. The summed E-state index contributed by atoms with van der Waals surface area (Å²) in [5.41, 5.74) is 0.874. The van der Waals surface area contributed by atoms with E-state index in [2.05, 4.69) is 0 Å². The largest absolute Gasteiger partial charge is 0.508 e. The average molecular weight is 479 g/mol. The molecule has 172 valence electrons. The molecular weight excluding hydrogens is 460 g/mol. The molecule has 1 heterocycles. The maximum absolute atomic E-state index is 13.1. The molecule has 1 fully saturated rings. The van der Waals surface area contributed by atoms with Gasteiger partial charge in [-0.15, -0.1) is 0 Å². The van der Waals surface area contributed by atoms with Crippen molar-refractivity contribution >= 4 is 34.7 Å². The number of nitrogens with zero attached hydrogens (tertiary/aromatic N) is 2. The number of non-ortho nitro benzene ring substituents is 1. The smallest absolute Gasteiger partial charge is 0.295 e. The lowest BCUT2D eigenvalue weighted by molar-refractivity contribution is -0.384. The second-order valence-corrected chi connectivity index (χ2v) is 8.21. The first-order chi connectivity index (χ1) is 16.3. The number of rotatable bonds is 6. The summed E-state index contributed by atoms with van der Waals surface area (Å²) in [5.74, 6) is -2.32.